The van der Waals surface area contributed by atoms with E-state index in [9.17, 15) is 9.18 Å². The molecule has 3 rings (SSSR count). The number of fused-ring (bicyclic) bond motifs is 1. The van der Waals surface area contributed by atoms with Crippen molar-refractivity contribution >= 4 is 11.4 Å². The van der Waals surface area contributed by atoms with Crippen molar-refractivity contribution in [2.24, 2.45) is 0 Å². The van der Waals surface area contributed by atoms with Crippen LogP contribution < -0.4 is 4.74 Å². The van der Waals surface area contributed by atoms with E-state index < -0.39 is 0 Å². The molecule has 0 aliphatic carbocycles. The molecule has 0 unspecified atom stereocenters. The molecule has 0 saturated carbocycles. The van der Waals surface area contributed by atoms with Crippen LogP contribution in [0, 0.1) is 5.82 Å². The maximum absolute atomic E-state index is 13.1. The van der Waals surface area contributed by atoms with Gasteiger partial charge in [0.05, 0.1) is 5.69 Å². The maximum Gasteiger partial charge on any atom is 0.159 e. The van der Waals surface area contributed by atoms with Crippen molar-refractivity contribution in [1.29, 1.82) is 0 Å². The highest BCUT2D eigenvalue weighted by atomic mass is 19.1. The molecule has 3 aromatic rings. The van der Waals surface area contributed by atoms with Crippen molar-refractivity contribution in [3.63, 3.8) is 0 Å². The average Bonchev–Trinajstić information content (AvgIpc) is 2.87. The fourth-order valence-electron chi connectivity index (χ4n) is 2.03. The second kappa shape index (κ2) is 5.36. The van der Waals surface area contributed by atoms with E-state index in [1.807, 2.05) is 0 Å². The lowest BCUT2D eigenvalue weighted by atomic mass is 10.1. The Labute approximate surface area is 120 Å². The van der Waals surface area contributed by atoms with Gasteiger partial charge in [0.25, 0.3) is 0 Å². The molecule has 0 bridgehead atoms. The third-order valence-corrected chi connectivity index (χ3v) is 3.11. The molecule has 0 aliphatic heterocycles. The molecule has 1 aromatic carbocycles. The number of ether oxygens (including phenoxy) is 1. The van der Waals surface area contributed by atoms with Gasteiger partial charge in [0, 0.05) is 18.0 Å². The number of aromatic nitrogens is 2. The van der Waals surface area contributed by atoms with Crippen LogP contribution in [0.1, 0.15) is 23.0 Å². The number of benzene rings is 1. The number of hydrogen-bond acceptors (Lipinski definition) is 3. The van der Waals surface area contributed by atoms with Gasteiger partial charge < -0.3 is 9.14 Å². The van der Waals surface area contributed by atoms with E-state index >= 15 is 0 Å². The Balaban J connectivity index is 1.72. The molecule has 0 N–H and O–H groups in total. The molecule has 0 atom stereocenters. The van der Waals surface area contributed by atoms with E-state index in [1.54, 1.807) is 40.9 Å². The summed E-state index contributed by atoms with van der Waals surface area (Å²) in [6.45, 7) is 1.80. The van der Waals surface area contributed by atoms with E-state index in [2.05, 4.69) is 4.98 Å². The second-order valence-electron chi connectivity index (χ2n) is 4.71. The van der Waals surface area contributed by atoms with Crippen molar-refractivity contribution in [3.8, 4) is 5.75 Å². The standard InChI is InChI=1S/C16H13FN2O2/c1-11(20)12-2-5-15(6-3-12)21-10-14-9-19-8-13(17)4-7-16(19)18-14/h2-9H,10H2,1H3. The number of pyridine rings is 1. The third kappa shape index (κ3) is 2.91. The smallest absolute Gasteiger partial charge is 0.159 e. The minimum Gasteiger partial charge on any atom is -0.487 e. The van der Waals surface area contributed by atoms with Crippen molar-refractivity contribution < 1.29 is 13.9 Å². The Morgan fingerprint density at radius 3 is 2.67 bits per heavy atom. The zero-order valence-corrected chi connectivity index (χ0v) is 11.4. The van der Waals surface area contributed by atoms with Crippen LogP contribution in [0.5, 0.6) is 5.75 Å². The molecule has 0 saturated heterocycles. The summed E-state index contributed by atoms with van der Waals surface area (Å²) in [5.74, 6) is 0.361. The molecular formula is C16H13FN2O2. The predicted octanol–water partition coefficient (Wildman–Crippen LogP) is 3.26. The quantitative estimate of drug-likeness (QED) is 0.691. The third-order valence-electron chi connectivity index (χ3n) is 3.11. The van der Waals surface area contributed by atoms with Gasteiger partial charge in [-0.2, -0.15) is 0 Å². The number of Topliss-reactive ketones (excluding diaryl/α,β-unsaturated/α-hetero) is 1. The predicted molar refractivity (Wildman–Crippen MR) is 75.9 cm³/mol. The second-order valence-corrected chi connectivity index (χ2v) is 4.71. The highest BCUT2D eigenvalue weighted by Gasteiger charge is 2.04. The van der Waals surface area contributed by atoms with Gasteiger partial charge in [0.1, 0.15) is 23.8 Å². The molecule has 0 radical (unpaired) electrons. The van der Waals surface area contributed by atoms with Gasteiger partial charge in [-0.15, -0.1) is 0 Å². The summed E-state index contributed by atoms with van der Waals surface area (Å²) in [5, 5.41) is 0. The van der Waals surface area contributed by atoms with Gasteiger partial charge in [0.15, 0.2) is 5.78 Å². The summed E-state index contributed by atoms with van der Waals surface area (Å²) in [4.78, 5) is 15.5. The van der Waals surface area contributed by atoms with Gasteiger partial charge in [-0.25, -0.2) is 9.37 Å². The first-order chi connectivity index (χ1) is 10.1. The normalized spacial score (nSPS) is 10.8. The topological polar surface area (TPSA) is 43.6 Å². The van der Waals surface area contributed by atoms with Crippen LogP contribution in [-0.2, 0) is 6.61 Å². The molecule has 2 aromatic heterocycles. The Bertz CT molecular complexity index is 794. The van der Waals surface area contributed by atoms with Crippen LogP contribution >= 0.6 is 0 Å². The number of rotatable bonds is 4. The van der Waals surface area contributed by atoms with Crippen LogP contribution in [-0.4, -0.2) is 15.2 Å². The summed E-state index contributed by atoms with van der Waals surface area (Å²) in [6, 6.07) is 9.90. The lowest BCUT2D eigenvalue weighted by molar-refractivity contribution is 0.101. The Morgan fingerprint density at radius 1 is 1.19 bits per heavy atom. The molecule has 4 nitrogen and oxygen atoms in total. The zero-order valence-electron chi connectivity index (χ0n) is 11.4. The highest BCUT2D eigenvalue weighted by Crippen LogP contribution is 2.15. The van der Waals surface area contributed by atoms with Crippen molar-refractivity contribution in [1.82, 2.24) is 9.38 Å². The zero-order chi connectivity index (χ0) is 14.8. The summed E-state index contributed by atoms with van der Waals surface area (Å²) in [5.41, 5.74) is 2.02. The van der Waals surface area contributed by atoms with E-state index in [-0.39, 0.29) is 18.2 Å². The van der Waals surface area contributed by atoms with Crippen molar-refractivity contribution in [2.75, 3.05) is 0 Å². The van der Waals surface area contributed by atoms with E-state index in [1.165, 1.54) is 19.2 Å². The first-order valence-electron chi connectivity index (χ1n) is 6.49. The van der Waals surface area contributed by atoms with Gasteiger partial charge in [-0.1, -0.05) is 0 Å². The lowest BCUT2D eigenvalue weighted by Crippen LogP contribution is -1.96. The van der Waals surface area contributed by atoms with E-state index in [0.717, 1.165) is 0 Å². The molecule has 2 heterocycles. The molecule has 0 amide bonds. The van der Waals surface area contributed by atoms with Gasteiger partial charge in [-0.3, -0.25) is 4.79 Å². The maximum atomic E-state index is 13.1. The fourth-order valence-corrected chi connectivity index (χ4v) is 2.03. The SMILES string of the molecule is CC(=O)c1ccc(OCc2cn3cc(F)ccc3n2)cc1. The first kappa shape index (κ1) is 13.3. The molecule has 5 heteroatoms. The number of hydrogen-bond donors (Lipinski definition) is 0. The lowest BCUT2D eigenvalue weighted by Gasteiger charge is -2.04. The summed E-state index contributed by atoms with van der Waals surface area (Å²) in [7, 11) is 0. The van der Waals surface area contributed by atoms with Crippen molar-refractivity contribution in [3.05, 3.63) is 65.9 Å². The Kier molecular flexibility index (Phi) is 3.39. The van der Waals surface area contributed by atoms with Crippen LogP contribution in [0.25, 0.3) is 5.65 Å². The van der Waals surface area contributed by atoms with E-state index in [0.29, 0.717) is 22.7 Å². The summed E-state index contributed by atoms with van der Waals surface area (Å²) >= 11 is 0. The highest BCUT2D eigenvalue weighted by molar-refractivity contribution is 5.94. The molecule has 0 aliphatic rings. The molecule has 21 heavy (non-hydrogen) atoms. The summed E-state index contributed by atoms with van der Waals surface area (Å²) < 4.78 is 20.3. The van der Waals surface area contributed by atoms with Crippen molar-refractivity contribution in [2.45, 2.75) is 13.5 Å². The molecule has 0 fully saturated rings. The van der Waals surface area contributed by atoms with Gasteiger partial charge >= 0.3 is 0 Å². The number of carbonyl (C=O) groups excluding carboxylic acids is 1. The number of imidazole rings is 1. The number of nitrogens with zero attached hydrogens (tertiary/aromatic N) is 2. The van der Waals surface area contributed by atoms with Gasteiger partial charge in [-0.05, 0) is 43.3 Å². The van der Waals surface area contributed by atoms with Crippen LogP contribution in [0.4, 0.5) is 4.39 Å². The minimum absolute atomic E-state index is 0.0175. The number of carbonyl (C=O) groups is 1. The molecule has 106 valence electrons. The fraction of sp³-hybridized carbons (Fsp3) is 0.125. The van der Waals surface area contributed by atoms with Crippen LogP contribution in [0.3, 0.4) is 0 Å². The number of ketones is 1. The molecule has 0 spiro atoms. The van der Waals surface area contributed by atoms with E-state index in [4.69, 9.17) is 4.74 Å². The van der Waals surface area contributed by atoms with Crippen LogP contribution in [0.15, 0.2) is 48.8 Å². The minimum atomic E-state index is -0.313. The Hall–Kier alpha value is -2.69. The average molecular weight is 284 g/mol. The monoisotopic (exact) mass is 284 g/mol. The largest absolute Gasteiger partial charge is 0.487 e. The number of halogens is 1. The first-order valence-corrected chi connectivity index (χ1v) is 6.49. The molecular weight excluding hydrogens is 271 g/mol. The van der Waals surface area contributed by atoms with Crippen LogP contribution in [0.2, 0.25) is 0 Å². The van der Waals surface area contributed by atoms with Gasteiger partial charge in [0.2, 0.25) is 0 Å². The Morgan fingerprint density at radius 2 is 1.95 bits per heavy atom. The summed E-state index contributed by atoms with van der Waals surface area (Å²) in [6.07, 6.45) is 3.09.